The van der Waals surface area contributed by atoms with Crippen molar-refractivity contribution in [2.24, 2.45) is 5.16 Å². The number of halogens is 1. The highest BCUT2D eigenvalue weighted by Crippen LogP contribution is 2.46. The fraction of sp³-hybridized carbons (Fsp3) is 0.250. The third-order valence-electron chi connectivity index (χ3n) is 5.13. The third kappa shape index (κ3) is 5.70. The molecule has 0 bridgehead atoms. The summed E-state index contributed by atoms with van der Waals surface area (Å²) in [6.45, 7) is 0.452. The summed E-state index contributed by atoms with van der Waals surface area (Å²) in [7, 11) is 0. The van der Waals surface area contributed by atoms with E-state index in [2.05, 4.69) is 25.8 Å². The molecule has 6 N–H and O–H groups in total. The highest BCUT2D eigenvalue weighted by molar-refractivity contribution is 8.07. The van der Waals surface area contributed by atoms with Gasteiger partial charge in [-0.2, -0.15) is 0 Å². The second-order valence-electron chi connectivity index (χ2n) is 7.41. The van der Waals surface area contributed by atoms with Crippen molar-refractivity contribution < 1.29 is 29.5 Å². The molecule has 38 heavy (non-hydrogen) atoms. The Morgan fingerprint density at radius 2 is 2.18 bits per heavy atom. The number of aromatic nitrogens is 2. The Balaban J connectivity index is 1.51. The molecule has 2 atom stereocenters. The smallest absolute Gasteiger partial charge is 0.353 e. The van der Waals surface area contributed by atoms with E-state index in [-0.39, 0.29) is 26.6 Å². The van der Waals surface area contributed by atoms with Crippen molar-refractivity contribution in [2.45, 2.75) is 21.2 Å². The summed E-state index contributed by atoms with van der Waals surface area (Å²) < 4.78 is 0.0328. The van der Waals surface area contributed by atoms with Crippen molar-refractivity contribution in [3.05, 3.63) is 39.1 Å². The summed E-state index contributed by atoms with van der Waals surface area (Å²) in [6, 6.07) is 0.688. The molecule has 1 saturated heterocycles. The summed E-state index contributed by atoms with van der Waals surface area (Å²) in [5.41, 5.74) is 4.76. The predicted molar refractivity (Wildman–Crippen MR) is 144 cm³/mol. The van der Waals surface area contributed by atoms with Crippen LogP contribution in [0.25, 0.3) is 0 Å². The molecule has 0 aromatic carbocycles. The van der Waals surface area contributed by atoms with Crippen LogP contribution in [-0.2, 0) is 19.2 Å². The van der Waals surface area contributed by atoms with Gasteiger partial charge in [0.25, 0.3) is 11.8 Å². The lowest BCUT2D eigenvalue weighted by atomic mass is 10.0. The van der Waals surface area contributed by atoms with Crippen LogP contribution in [0.2, 0.25) is 4.34 Å². The fourth-order valence-electron chi connectivity index (χ4n) is 3.51. The van der Waals surface area contributed by atoms with E-state index in [1.54, 1.807) is 18.5 Å². The van der Waals surface area contributed by atoms with Gasteiger partial charge in [0.1, 0.15) is 27.1 Å². The van der Waals surface area contributed by atoms with Crippen molar-refractivity contribution in [3.63, 3.8) is 0 Å². The zero-order chi connectivity index (χ0) is 27.4. The topological polar surface area (TPSA) is 200 Å². The van der Waals surface area contributed by atoms with E-state index < -0.39 is 34.9 Å². The van der Waals surface area contributed by atoms with Crippen LogP contribution in [0.5, 0.6) is 0 Å². The molecule has 0 radical (unpaired) electrons. The molecule has 18 heteroatoms. The first-order valence-electron chi connectivity index (χ1n) is 10.5. The number of carbonyl (C=O) groups excluding carboxylic acids is 3. The molecule has 0 unspecified atom stereocenters. The summed E-state index contributed by atoms with van der Waals surface area (Å²) in [6.07, 6.45) is 3.84. The minimum absolute atomic E-state index is 0.0328. The zero-order valence-electron chi connectivity index (χ0n) is 19.0. The number of hydrogen-bond acceptors (Lipinski definition) is 13. The number of amides is 3. The van der Waals surface area contributed by atoms with Gasteiger partial charge >= 0.3 is 5.97 Å². The number of anilines is 1. The van der Waals surface area contributed by atoms with Gasteiger partial charge in [-0.05, 0) is 6.07 Å². The van der Waals surface area contributed by atoms with Crippen molar-refractivity contribution in [2.75, 3.05) is 23.8 Å². The average molecular weight is 616 g/mol. The van der Waals surface area contributed by atoms with Crippen LogP contribution in [0.1, 0.15) is 5.69 Å². The molecule has 3 amide bonds. The van der Waals surface area contributed by atoms with E-state index in [1.807, 2.05) is 0 Å². The lowest BCUT2D eigenvalue weighted by Gasteiger charge is -2.49. The van der Waals surface area contributed by atoms with Gasteiger partial charge in [-0.15, -0.1) is 23.5 Å². The molecule has 0 aliphatic carbocycles. The number of nitrogen functional groups attached to an aromatic ring is 1. The number of nitrogens with two attached hydrogens (primary N) is 1. The maximum Gasteiger partial charge on any atom is 0.353 e. The third-order valence-corrected chi connectivity index (χ3v) is 10.0. The number of rotatable bonds is 11. The number of thiazole rings is 1. The SMILES string of the molecule is Nc1nc(/C(=N/O)C(=O)N[C@@H]2C(=O)N3C(C(=O)O)=C(Sc4ccncc4SCCNC=O)CS[C@H]23)c(Cl)s1. The van der Waals surface area contributed by atoms with Crippen molar-refractivity contribution >= 4 is 93.3 Å². The van der Waals surface area contributed by atoms with Gasteiger partial charge in [0.2, 0.25) is 6.41 Å². The Labute approximate surface area is 236 Å². The molecule has 13 nitrogen and oxygen atoms in total. The molecular weight excluding hydrogens is 598 g/mol. The molecule has 2 aliphatic rings. The van der Waals surface area contributed by atoms with Crippen LogP contribution in [0, 0.1) is 0 Å². The van der Waals surface area contributed by atoms with Crippen LogP contribution >= 0.6 is 58.2 Å². The first kappa shape index (κ1) is 28.0. The highest BCUT2D eigenvalue weighted by Gasteiger charge is 2.54. The Morgan fingerprint density at radius 1 is 1.39 bits per heavy atom. The predicted octanol–water partition coefficient (Wildman–Crippen LogP) is 1.28. The summed E-state index contributed by atoms with van der Waals surface area (Å²) >= 11 is 10.8. The first-order chi connectivity index (χ1) is 18.3. The number of carboxylic acids is 1. The maximum absolute atomic E-state index is 13.0. The number of thioether (sulfide) groups is 3. The van der Waals surface area contributed by atoms with Gasteiger partial charge in [0, 0.05) is 45.1 Å². The number of pyridine rings is 1. The van der Waals surface area contributed by atoms with Gasteiger partial charge in [-0.25, -0.2) is 9.78 Å². The summed E-state index contributed by atoms with van der Waals surface area (Å²) in [5.74, 6) is -1.97. The number of nitrogens with one attached hydrogen (secondary N) is 2. The Bertz CT molecular complexity index is 1350. The van der Waals surface area contributed by atoms with Gasteiger partial charge in [-0.3, -0.25) is 24.3 Å². The van der Waals surface area contributed by atoms with E-state index in [0.29, 0.717) is 23.6 Å². The van der Waals surface area contributed by atoms with Gasteiger partial charge < -0.3 is 26.7 Å². The Morgan fingerprint density at radius 3 is 2.84 bits per heavy atom. The van der Waals surface area contributed by atoms with E-state index in [4.69, 9.17) is 17.3 Å². The molecule has 0 saturated carbocycles. The normalized spacial score (nSPS) is 19.0. The minimum atomic E-state index is -1.28. The standard InChI is InChI=1S/C20H18ClN7O6S4/c21-15-11(26-20(22)38-15)12(27-34)16(30)25-13-17(31)28-14(19(32)33)10(6-36-18(13)28)37-8-1-2-23-5-9(8)35-4-3-24-7-29/h1-2,5,7,13,18,34H,3-4,6H2,(H2,22,26)(H,24,29)(H,25,30)(H,32,33)/b27-12-/t13-,18-/m1/s1. The molecule has 2 aliphatic heterocycles. The zero-order valence-corrected chi connectivity index (χ0v) is 23.0. The molecule has 0 spiro atoms. The second kappa shape index (κ2) is 12.2. The molecule has 4 heterocycles. The van der Waals surface area contributed by atoms with E-state index in [9.17, 15) is 29.5 Å². The Hall–Kier alpha value is -2.99. The van der Waals surface area contributed by atoms with Gasteiger partial charge in [0.15, 0.2) is 10.8 Å². The molecule has 2 aromatic rings. The number of β-lactam (4-membered cyclic amide) rings is 1. The van der Waals surface area contributed by atoms with Gasteiger partial charge in [-0.1, -0.05) is 39.9 Å². The fourth-order valence-corrected chi connectivity index (χ4v) is 7.99. The van der Waals surface area contributed by atoms with Gasteiger partial charge in [0.05, 0.1) is 0 Å². The van der Waals surface area contributed by atoms with Crippen LogP contribution in [0.4, 0.5) is 5.13 Å². The largest absolute Gasteiger partial charge is 0.477 e. The van der Waals surface area contributed by atoms with Crippen molar-refractivity contribution in [1.82, 2.24) is 25.5 Å². The number of fused-ring (bicyclic) bond motifs is 1. The molecule has 200 valence electrons. The number of aliphatic carboxylic acids is 1. The average Bonchev–Trinajstić information content (AvgIpc) is 3.23. The van der Waals surface area contributed by atoms with Crippen molar-refractivity contribution in [1.29, 1.82) is 0 Å². The van der Waals surface area contributed by atoms with Crippen LogP contribution in [0.15, 0.2) is 44.0 Å². The van der Waals surface area contributed by atoms with Crippen molar-refractivity contribution in [3.8, 4) is 0 Å². The maximum atomic E-state index is 13.0. The van der Waals surface area contributed by atoms with E-state index >= 15 is 0 Å². The minimum Gasteiger partial charge on any atom is -0.477 e. The number of carbonyl (C=O) groups is 4. The number of oxime groups is 1. The lowest BCUT2D eigenvalue weighted by molar-refractivity contribution is -0.150. The molecule has 4 rings (SSSR count). The summed E-state index contributed by atoms with van der Waals surface area (Å²) in [5, 5.41) is 26.7. The first-order valence-corrected chi connectivity index (χ1v) is 14.6. The lowest BCUT2D eigenvalue weighted by Crippen LogP contribution is -2.71. The van der Waals surface area contributed by atoms with Crippen LogP contribution in [-0.4, -0.2) is 84.6 Å². The summed E-state index contributed by atoms with van der Waals surface area (Å²) in [4.78, 5) is 59.6. The highest BCUT2D eigenvalue weighted by atomic mass is 35.5. The monoisotopic (exact) mass is 615 g/mol. The number of nitrogens with zero attached hydrogens (tertiary/aromatic N) is 4. The van der Waals surface area contributed by atoms with Crippen LogP contribution in [0.3, 0.4) is 0 Å². The quantitative estimate of drug-likeness (QED) is 0.0462. The Kier molecular flexibility index (Phi) is 9.03. The number of hydrogen-bond donors (Lipinski definition) is 5. The molecule has 2 aromatic heterocycles. The second-order valence-corrected chi connectivity index (χ2v) is 12.4. The van der Waals surface area contributed by atoms with Crippen LogP contribution < -0.4 is 16.4 Å². The molecule has 1 fully saturated rings. The van der Waals surface area contributed by atoms with E-state index in [1.165, 1.54) is 35.3 Å². The number of carboxylic acid groups (broad SMARTS) is 1. The molecular formula is C20H18ClN7O6S4. The van der Waals surface area contributed by atoms with E-state index in [0.717, 1.165) is 26.0 Å².